The molecule has 0 spiro atoms. The molecule has 1 amide bonds. The first-order valence-electron chi connectivity index (χ1n) is 5.33. The van der Waals surface area contributed by atoms with Gasteiger partial charge in [0.15, 0.2) is 0 Å². The number of nitrogens with two attached hydrogens (primary N) is 1. The molecule has 0 rings (SSSR count). The molecule has 6 nitrogen and oxygen atoms in total. The molecule has 0 heterocycles. The number of hydrogen-bond acceptors (Lipinski definition) is 4. The summed E-state index contributed by atoms with van der Waals surface area (Å²) in [6.45, 7) is 3.43. The number of rotatable bonds is 7. The molecule has 0 radical (unpaired) electrons. The zero-order valence-electron chi connectivity index (χ0n) is 9.64. The van der Waals surface area contributed by atoms with Gasteiger partial charge in [-0.2, -0.15) is 0 Å². The van der Waals surface area contributed by atoms with Gasteiger partial charge in [-0.3, -0.25) is 4.79 Å². The third-order valence-corrected chi connectivity index (χ3v) is 2.59. The number of amides is 1. The van der Waals surface area contributed by atoms with Crippen LogP contribution in [0.15, 0.2) is 0 Å². The molecule has 0 aliphatic carbocycles. The lowest BCUT2D eigenvalue weighted by Gasteiger charge is -2.20. The third-order valence-electron chi connectivity index (χ3n) is 2.59. The fraction of sp³-hybridized carbons (Fsp3) is 0.800. The Morgan fingerprint density at radius 2 is 2.00 bits per heavy atom. The summed E-state index contributed by atoms with van der Waals surface area (Å²) in [6.07, 6.45) is 0.723. The van der Waals surface area contributed by atoms with Crippen molar-refractivity contribution in [3.05, 3.63) is 0 Å². The van der Waals surface area contributed by atoms with Crippen molar-refractivity contribution in [1.82, 2.24) is 5.32 Å². The second-order valence-electron chi connectivity index (χ2n) is 3.82. The molecule has 6 heteroatoms. The maximum atomic E-state index is 11.6. The third kappa shape index (κ3) is 4.59. The predicted molar refractivity (Wildman–Crippen MR) is 58.7 cm³/mol. The minimum atomic E-state index is -1.17. The molecule has 0 bridgehead atoms. The lowest BCUT2D eigenvalue weighted by molar-refractivity contribution is -0.142. The summed E-state index contributed by atoms with van der Waals surface area (Å²) < 4.78 is 0. The molecule has 16 heavy (non-hydrogen) atoms. The molecule has 3 atom stereocenters. The summed E-state index contributed by atoms with van der Waals surface area (Å²) in [7, 11) is 0. The van der Waals surface area contributed by atoms with Gasteiger partial charge >= 0.3 is 5.97 Å². The van der Waals surface area contributed by atoms with Gasteiger partial charge in [-0.1, -0.05) is 20.3 Å². The molecule has 0 aliphatic heterocycles. The van der Waals surface area contributed by atoms with Crippen molar-refractivity contribution in [1.29, 1.82) is 0 Å². The lowest BCUT2D eigenvalue weighted by atomic mass is 9.99. The van der Waals surface area contributed by atoms with Crippen LogP contribution in [0.25, 0.3) is 0 Å². The van der Waals surface area contributed by atoms with E-state index in [-0.39, 0.29) is 18.9 Å². The average molecular weight is 232 g/mol. The molecule has 1 unspecified atom stereocenters. The number of nitrogens with one attached hydrogen (secondary N) is 1. The van der Waals surface area contributed by atoms with Crippen LogP contribution in [0.3, 0.4) is 0 Å². The van der Waals surface area contributed by atoms with Gasteiger partial charge in [0.2, 0.25) is 5.91 Å². The van der Waals surface area contributed by atoms with Crippen molar-refractivity contribution in [2.75, 3.05) is 6.61 Å². The standard InChI is InChI=1S/C10H20N2O4/c1-3-6(2)8(11)9(14)12-7(4-5-13)10(15)16/h6-8,13H,3-5,11H2,1-2H3,(H,12,14)(H,15,16)/t6-,7?,8-/m0/s1. The number of carboxylic acids is 1. The Hall–Kier alpha value is -1.14. The van der Waals surface area contributed by atoms with E-state index in [1.807, 2.05) is 13.8 Å². The van der Waals surface area contributed by atoms with Crippen LogP contribution in [0.4, 0.5) is 0 Å². The summed E-state index contributed by atoms with van der Waals surface area (Å²) in [6, 6.07) is -1.79. The summed E-state index contributed by atoms with van der Waals surface area (Å²) in [4.78, 5) is 22.3. The van der Waals surface area contributed by atoms with E-state index in [1.54, 1.807) is 0 Å². The Kier molecular flexibility index (Phi) is 6.67. The van der Waals surface area contributed by atoms with Gasteiger partial charge in [0.25, 0.3) is 0 Å². The van der Waals surface area contributed by atoms with E-state index in [0.29, 0.717) is 0 Å². The van der Waals surface area contributed by atoms with Crippen LogP contribution in [0, 0.1) is 5.92 Å². The maximum Gasteiger partial charge on any atom is 0.326 e. The summed E-state index contributed by atoms with van der Waals surface area (Å²) in [5.41, 5.74) is 5.65. The molecule has 0 saturated carbocycles. The predicted octanol–water partition coefficient (Wildman–Crippen LogP) is -0.688. The highest BCUT2D eigenvalue weighted by Crippen LogP contribution is 2.05. The Morgan fingerprint density at radius 1 is 1.44 bits per heavy atom. The number of carbonyl (C=O) groups excluding carboxylic acids is 1. The Bertz CT molecular complexity index is 245. The van der Waals surface area contributed by atoms with Gasteiger partial charge in [-0.25, -0.2) is 4.79 Å². The molecular weight excluding hydrogens is 212 g/mol. The van der Waals surface area contributed by atoms with E-state index in [0.717, 1.165) is 6.42 Å². The molecule has 0 aromatic carbocycles. The number of aliphatic hydroxyl groups is 1. The van der Waals surface area contributed by atoms with Gasteiger partial charge < -0.3 is 21.3 Å². The van der Waals surface area contributed by atoms with Crippen molar-refractivity contribution in [3.8, 4) is 0 Å². The molecule has 5 N–H and O–H groups in total. The van der Waals surface area contributed by atoms with Crippen LogP contribution < -0.4 is 11.1 Å². The van der Waals surface area contributed by atoms with Crippen LogP contribution in [0.1, 0.15) is 26.7 Å². The highest BCUT2D eigenvalue weighted by atomic mass is 16.4. The fourth-order valence-electron chi connectivity index (χ4n) is 1.17. The van der Waals surface area contributed by atoms with Gasteiger partial charge in [-0.15, -0.1) is 0 Å². The van der Waals surface area contributed by atoms with Crippen molar-refractivity contribution >= 4 is 11.9 Å². The SMILES string of the molecule is CC[C@H](C)[C@H](N)C(=O)NC(CCO)C(=O)O. The van der Waals surface area contributed by atoms with E-state index in [1.165, 1.54) is 0 Å². The van der Waals surface area contributed by atoms with E-state index in [4.69, 9.17) is 15.9 Å². The van der Waals surface area contributed by atoms with E-state index in [9.17, 15) is 9.59 Å². The van der Waals surface area contributed by atoms with Gasteiger partial charge in [-0.05, 0) is 5.92 Å². The molecule has 0 fully saturated rings. The van der Waals surface area contributed by atoms with E-state index in [2.05, 4.69) is 5.32 Å². The first kappa shape index (κ1) is 14.9. The number of aliphatic hydroxyl groups excluding tert-OH is 1. The zero-order chi connectivity index (χ0) is 12.7. The summed E-state index contributed by atoms with van der Waals surface area (Å²) in [5.74, 6) is -1.67. The van der Waals surface area contributed by atoms with Crippen LogP contribution >= 0.6 is 0 Å². The van der Waals surface area contributed by atoms with Crippen LogP contribution in [0.5, 0.6) is 0 Å². The molecule has 0 aliphatic rings. The Morgan fingerprint density at radius 3 is 2.38 bits per heavy atom. The topological polar surface area (TPSA) is 113 Å². The van der Waals surface area contributed by atoms with Crippen LogP contribution in [0.2, 0.25) is 0 Å². The van der Waals surface area contributed by atoms with E-state index < -0.39 is 24.0 Å². The second-order valence-corrected chi connectivity index (χ2v) is 3.82. The maximum absolute atomic E-state index is 11.6. The first-order valence-corrected chi connectivity index (χ1v) is 5.33. The highest BCUT2D eigenvalue weighted by Gasteiger charge is 2.25. The van der Waals surface area contributed by atoms with Crippen LogP contribution in [-0.4, -0.2) is 40.8 Å². The molecule has 94 valence electrons. The number of carbonyl (C=O) groups is 2. The minimum Gasteiger partial charge on any atom is -0.480 e. The van der Waals surface area contributed by atoms with E-state index >= 15 is 0 Å². The Balaban J connectivity index is 4.34. The summed E-state index contributed by atoms with van der Waals surface area (Å²) >= 11 is 0. The lowest BCUT2D eigenvalue weighted by Crippen LogP contribution is -2.50. The zero-order valence-corrected chi connectivity index (χ0v) is 9.64. The smallest absolute Gasteiger partial charge is 0.326 e. The molecule has 0 aromatic rings. The number of carboxylic acid groups (broad SMARTS) is 1. The van der Waals surface area contributed by atoms with Crippen LogP contribution in [-0.2, 0) is 9.59 Å². The quantitative estimate of drug-likeness (QED) is 0.464. The van der Waals surface area contributed by atoms with Gasteiger partial charge in [0, 0.05) is 13.0 Å². The minimum absolute atomic E-state index is 0.0106. The second kappa shape index (κ2) is 7.19. The molecule has 0 saturated heterocycles. The van der Waals surface area contributed by atoms with Crippen molar-refractivity contribution < 1.29 is 19.8 Å². The Labute approximate surface area is 94.8 Å². The monoisotopic (exact) mass is 232 g/mol. The number of aliphatic carboxylic acids is 1. The van der Waals surface area contributed by atoms with Crippen molar-refractivity contribution in [2.45, 2.75) is 38.8 Å². The molecule has 0 aromatic heterocycles. The fourth-order valence-corrected chi connectivity index (χ4v) is 1.17. The molecular formula is C10H20N2O4. The number of hydrogen-bond donors (Lipinski definition) is 4. The summed E-state index contributed by atoms with van der Waals surface area (Å²) in [5, 5.41) is 19.7. The largest absolute Gasteiger partial charge is 0.480 e. The normalized spacial score (nSPS) is 16.2. The van der Waals surface area contributed by atoms with Crippen molar-refractivity contribution in [3.63, 3.8) is 0 Å². The van der Waals surface area contributed by atoms with Gasteiger partial charge in [0.05, 0.1) is 6.04 Å². The van der Waals surface area contributed by atoms with Gasteiger partial charge in [0.1, 0.15) is 6.04 Å². The first-order chi connectivity index (χ1) is 7.43. The van der Waals surface area contributed by atoms with Crippen molar-refractivity contribution in [2.24, 2.45) is 11.7 Å². The highest BCUT2D eigenvalue weighted by molar-refractivity contribution is 5.86. The average Bonchev–Trinajstić information content (AvgIpc) is 2.25.